The van der Waals surface area contributed by atoms with E-state index in [2.05, 4.69) is 22.2 Å². The van der Waals surface area contributed by atoms with Gasteiger partial charge in [-0.3, -0.25) is 4.79 Å². The minimum Gasteiger partial charge on any atom is -0.475 e. The molecule has 2 saturated heterocycles. The highest BCUT2D eigenvalue weighted by atomic mass is 32.2. The standard InChI is InChI=1S/C22H37N5O3S.C2HF3O2/c1-20-5-3-6-21(19-20)22(28)26(10-4-9-25-15-13-24(2)14-16-25)17-18-31(29,30)27-11-7-23-8-12-27;3-2(4,5)1(6)7/h3,5-6,19,23H,4,7-18H2,1-2H3;(H,6,7). The Balaban J connectivity index is 0.000000638. The maximum atomic E-state index is 13.2. The Morgan fingerprint density at radius 3 is 2.21 bits per heavy atom. The highest BCUT2D eigenvalue weighted by Crippen LogP contribution is 2.13. The fourth-order valence-electron chi connectivity index (χ4n) is 4.11. The number of piperazine rings is 2. The van der Waals surface area contributed by atoms with Gasteiger partial charge in [0.1, 0.15) is 0 Å². The van der Waals surface area contributed by atoms with Crippen LogP contribution in [-0.2, 0) is 14.8 Å². The number of nitrogens with zero attached hydrogens (tertiary/aromatic N) is 4. The second-order valence-corrected chi connectivity index (χ2v) is 11.5. The summed E-state index contributed by atoms with van der Waals surface area (Å²) in [5.74, 6) is -2.87. The molecule has 0 aromatic heterocycles. The van der Waals surface area contributed by atoms with E-state index in [0.29, 0.717) is 38.3 Å². The lowest BCUT2D eigenvalue weighted by Gasteiger charge is -2.33. The summed E-state index contributed by atoms with van der Waals surface area (Å²) >= 11 is 0. The minimum absolute atomic E-state index is 0.0287. The number of hydrogen-bond donors (Lipinski definition) is 2. The van der Waals surface area contributed by atoms with E-state index in [0.717, 1.165) is 44.7 Å². The zero-order valence-corrected chi connectivity index (χ0v) is 22.7. The highest BCUT2D eigenvalue weighted by Gasteiger charge is 2.38. The number of likely N-dealkylation sites (N-methyl/N-ethyl adjacent to an activating group) is 1. The molecule has 0 radical (unpaired) electrons. The van der Waals surface area contributed by atoms with Crippen LogP contribution < -0.4 is 5.32 Å². The molecule has 216 valence electrons. The van der Waals surface area contributed by atoms with Crippen LogP contribution in [0.1, 0.15) is 22.3 Å². The molecular weight excluding hydrogens is 527 g/mol. The van der Waals surface area contributed by atoms with Crippen molar-refractivity contribution < 1.29 is 36.3 Å². The maximum absolute atomic E-state index is 13.2. The van der Waals surface area contributed by atoms with E-state index in [9.17, 15) is 26.4 Å². The number of carboxylic acids is 1. The van der Waals surface area contributed by atoms with Crippen molar-refractivity contribution in [1.82, 2.24) is 24.3 Å². The fourth-order valence-corrected chi connectivity index (χ4v) is 5.56. The molecule has 38 heavy (non-hydrogen) atoms. The van der Waals surface area contributed by atoms with Crippen molar-refractivity contribution in [2.75, 3.05) is 84.8 Å². The van der Waals surface area contributed by atoms with Crippen molar-refractivity contribution in [2.24, 2.45) is 0 Å². The van der Waals surface area contributed by atoms with Gasteiger partial charge in [0.05, 0.1) is 5.75 Å². The lowest BCUT2D eigenvalue weighted by molar-refractivity contribution is -0.192. The number of hydrogen-bond acceptors (Lipinski definition) is 7. The monoisotopic (exact) mass is 565 g/mol. The van der Waals surface area contributed by atoms with Crippen molar-refractivity contribution in [2.45, 2.75) is 19.5 Å². The summed E-state index contributed by atoms with van der Waals surface area (Å²) in [7, 11) is -1.23. The van der Waals surface area contributed by atoms with Crippen LogP contribution in [0, 0.1) is 6.92 Å². The van der Waals surface area contributed by atoms with Gasteiger partial charge in [0.25, 0.3) is 5.91 Å². The Morgan fingerprint density at radius 1 is 1.05 bits per heavy atom. The SMILES string of the molecule is Cc1cccc(C(=O)N(CCCN2CCN(C)CC2)CCS(=O)(=O)N2CCNCC2)c1.O=C(O)C(F)(F)F. The first-order valence-corrected chi connectivity index (χ1v) is 14.2. The minimum atomic E-state index is -5.08. The third kappa shape index (κ3) is 10.8. The van der Waals surface area contributed by atoms with Crippen LogP contribution in [0.15, 0.2) is 24.3 Å². The molecule has 2 N–H and O–H groups in total. The zero-order chi connectivity index (χ0) is 28.3. The average Bonchev–Trinajstić information content (AvgIpc) is 2.87. The van der Waals surface area contributed by atoms with Gasteiger partial charge in [0, 0.05) is 71.0 Å². The lowest BCUT2D eigenvalue weighted by Crippen LogP contribution is -2.48. The zero-order valence-electron chi connectivity index (χ0n) is 21.9. The van der Waals surface area contributed by atoms with Crippen LogP contribution in [0.3, 0.4) is 0 Å². The number of alkyl halides is 3. The van der Waals surface area contributed by atoms with Gasteiger partial charge in [-0.25, -0.2) is 13.2 Å². The molecule has 10 nitrogen and oxygen atoms in total. The third-order valence-corrected chi connectivity index (χ3v) is 8.23. The molecule has 1 aromatic carbocycles. The van der Waals surface area contributed by atoms with E-state index in [1.807, 2.05) is 31.2 Å². The van der Waals surface area contributed by atoms with Crippen LogP contribution in [-0.4, -0.2) is 135 Å². The Labute approximate surface area is 222 Å². The lowest BCUT2D eigenvalue weighted by atomic mass is 10.1. The van der Waals surface area contributed by atoms with Crippen LogP contribution in [0.2, 0.25) is 0 Å². The molecule has 14 heteroatoms. The average molecular weight is 566 g/mol. The third-order valence-electron chi connectivity index (χ3n) is 6.38. The number of carbonyl (C=O) groups is 2. The Hall–Kier alpha value is -2.26. The summed E-state index contributed by atoms with van der Waals surface area (Å²) in [6, 6.07) is 7.53. The first kappa shape index (κ1) is 32.0. The number of carbonyl (C=O) groups excluding carboxylic acids is 1. The predicted octanol–water partition coefficient (Wildman–Crippen LogP) is 0.943. The van der Waals surface area contributed by atoms with Gasteiger partial charge in [-0.2, -0.15) is 17.5 Å². The van der Waals surface area contributed by atoms with E-state index in [-0.39, 0.29) is 18.2 Å². The Bertz CT molecular complexity index is 1010. The number of halogens is 3. The normalized spacial score (nSPS) is 17.9. The van der Waals surface area contributed by atoms with E-state index < -0.39 is 22.2 Å². The fraction of sp³-hybridized carbons (Fsp3) is 0.667. The van der Waals surface area contributed by atoms with Gasteiger partial charge in [0.2, 0.25) is 10.0 Å². The van der Waals surface area contributed by atoms with Crippen molar-refractivity contribution in [3.05, 3.63) is 35.4 Å². The predicted molar refractivity (Wildman–Crippen MR) is 138 cm³/mol. The molecule has 2 aliphatic rings. The second kappa shape index (κ2) is 14.8. The molecule has 0 unspecified atom stereocenters. The first-order valence-electron chi connectivity index (χ1n) is 12.5. The van der Waals surface area contributed by atoms with Crippen LogP contribution in [0.5, 0.6) is 0 Å². The van der Waals surface area contributed by atoms with Crippen molar-refractivity contribution >= 4 is 21.9 Å². The van der Waals surface area contributed by atoms with E-state index in [1.54, 1.807) is 9.21 Å². The molecule has 2 heterocycles. The van der Waals surface area contributed by atoms with E-state index in [4.69, 9.17) is 9.90 Å². The molecule has 2 fully saturated rings. The molecular formula is C24H38F3N5O5S. The summed E-state index contributed by atoms with van der Waals surface area (Å²) in [5.41, 5.74) is 1.65. The number of rotatable bonds is 9. The van der Waals surface area contributed by atoms with Crippen molar-refractivity contribution in [3.8, 4) is 0 Å². The number of carboxylic acid groups (broad SMARTS) is 1. The summed E-state index contributed by atoms with van der Waals surface area (Å²) < 4.78 is 58.9. The van der Waals surface area contributed by atoms with Gasteiger partial charge < -0.3 is 25.1 Å². The number of aryl methyl sites for hydroxylation is 1. The topological polar surface area (TPSA) is 114 Å². The van der Waals surface area contributed by atoms with Crippen molar-refractivity contribution in [3.63, 3.8) is 0 Å². The second-order valence-electron chi connectivity index (χ2n) is 9.43. The molecule has 1 amide bonds. The molecule has 2 aliphatic heterocycles. The van der Waals surface area contributed by atoms with Gasteiger partial charge >= 0.3 is 12.1 Å². The smallest absolute Gasteiger partial charge is 0.475 e. The highest BCUT2D eigenvalue weighted by molar-refractivity contribution is 7.89. The van der Waals surface area contributed by atoms with Gasteiger partial charge in [0.15, 0.2) is 0 Å². The summed E-state index contributed by atoms with van der Waals surface area (Å²) in [6.45, 7) is 10.2. The van der Waals surface area contributed by atoms with E-state index in [1.165, 1.54) is 0 Å². The molecule has 0 spiro atoms. The first-order chi connectivity index (χ1) is 17.8. The van der Waals surface area contributed by atoms with Gasteiger partial charge in [-0.15, -0.1) is 0 Å². The molecule has 1 aromatic rings. The Morgan fingerprint density at radius 2 is 1.66 bits per heavy atom. The number of nitrogens with one attached hydrogen (secondary N) is 1. The number of sulfonamides is 1. The molecule has 3 rings (SSSR count). The van der Waals surface area contributed by atoms with Gasteiger partial charge in [-0.05, 0) is 39.1 Å². The molecule has 0 saturated carbocycles. The summed E-state index contributed by atoms with van der Waals surface area (Å²) in [4.78, 5) is 28.6. The summed E-state index contributed by atoms with van der Waals surface area (Å²) in [6.07, 6.45) is -4.24. The number of benzene rings is 1. The van der Waals surface area contributed by atoms with Crippen LogP contribution >= 0.6 is 0 Å². The molecule has 0 atom stereocenters. The van der Waals surface area contributed by atoms with Gasteiger partial charge in [-0.1, -0.05) is 17.7 Å². The maximum Gasteiger partial charge on any atom is 0.490 e. The van der Waals surface area contributed by atoms with E-state index >= 15 is 0 Å². The van der Waals surface area contributed by atoms with Crippen molar-refractivity contribution in [1.29, 1.82) is 0 Å². The Kier molecular flexibility index (Phi) is 12.4. The summed E-state index contributed by atoms with van der Waals surface area (Å²) in [5, 5.41) is 10.3. The molecule has 0 aliphatic carbocycles. The number of aliphatic carboxylic acids is 1. The quantitative estimate of drug-likeness (QED) is 0.455. The van der Waals surface area contributed by atoms with Crippen LogP contribution in [0.4, 0.5) is 13.2 Å². The largest absolute Gasteiger partial charge is 0.490 e. The molecule has 0 bridgehead atoms. The van der Waals surface area contributed by atoms with Crippen LogP contribution in [0.25, 0.3) is 0 Å². The number of amides is 1.